The summed E-state index contributed by atoms with van der Waals surface area (Å²) in [5.74, 6) is 2.36. The Bertz CT molecular complexity index is 310. The van der Waals surface area contributed by atoms with Gasteiger partial charge in [0.25, 0.3) is 0 Å². The van der Waals surface area contributed by atoms with Gasteiger partial charge in [-0.25, -0.2) is 0 Å². The molecule has 3 nitrogen and oxygen atoms in total. The van der Waals surface area contributed by atoms with Crippen LogP contribution in [0.15, 0.2) is 0 Å². The number of nitrogens with two attached hydrogens (primary N) is 1. The highest BCUT2D eigenvalue weighted by Gasteiger charge is 2.32. The maximum absolute atomic E-state index is 12.4. The Kier molecular flexibility index (Phi) is 5.88. The van der Waals surface area contributed by atoms with E-state index in [1.54, 1.807) is 0 Å². The first-order chi connectivity index (χ1) is 9.61. The second-order valence-electron chi connectivity index (χ2n) is 7.10. The van der Waals surface area contributed by atoms with Crippen molar-refractivity contribution in [2.75, 3.05) is 6.54 Å². The molecule has 20 heavy (non-hydrogen) atoms. The standard InChI is InChI=1S/C17H32N2O/c1-3-13-7-9-14(10-8-13)11-19-17(20)15-5-4-6-16(18)12(15)2/h12-16H,3-11,18H2,1-2H3,(H,19,20). The molecule has 0 spiro atoms. The van der Waals surface area contributed by atoms with Crippen molar-refractivity contribution in [2.45, 2.75) is 71.3 Å². The predicted molar refractivity (Wildman–Crippen MR) is 83.2 cm³/mol. The third-order valence-electron chi connectivity index (χ3n) is 5.81. The Morgan fingerprint density at radius 2 is 1.75 bits per heavy atom. The zero-order valence-corrected chi connectivity index (χ0v) is 13.2. The fraction of sp³-hybridized carbons (Fsp3) is 0.941. The summed E-state index contributed by atoms with van der Waals surface area (Å²) in [5.41, 5.74) is 6.10. The van der Waals surface area contributed by atoms with Crippen molar-refractivity contribution in [2.24, 2.45) is 29.4 Å². The van der Waals surface area contributed by atoms with Crippen LogP contribution in [0.5, 0.6) is 0 Å². The average molecular weight is 280 g/mol. The van der Waals surface area contributed by atoms with Gasteiger partial charge in [0.2, 0.25) is 5.91 Å². The van der Waals surface area contributed by atoms with Crippen LogP contribution in [0.3, 0.4) is 0 Å². The minimum Gasteiger partial charge on any atom is -0.356 e. The van der Waals surface area contributed by atoms with E-state index < -0.39 is 0 Å². The number of rotatable bonds is 4. The Balaban J connectivity index is 1.72. The number of hydrogen-bond donors (Lipinski definition) is 2. The van der Waals surface area contributed by atoms with Gasteiger partial charge in [0.15, 0.2) is 0 Å². The Hall–Kier alpha value is -0.570. The topological polar surface area (TPSA) is 55.1 Å². The molecule has 1 amide bonds. The van der Waals surface area contributed by atoms with Crippen LogP contribution in [0.4, 0.5) is 0 Å². The fourth-order valence-corrected chi connectivity index (χ4v) is 3.99. The van der Waals surface area contributed by atoms with E-state index in [9.17, 15) is 4.79 Å². The molecule has 2 saturated carbocycles. The van der Waals surface area contributed by atoms with Gasteiger partial charge in [-0.05, 0) is 43.4 Å². The average Bonchev–Trinajstić information content (AvgIpc) is 2.48. The molecule has 0 aliphatic heterocycles. The molecular weight excluding hydrogens is 248 g/mol. The molecule has 0 aromatic carbocycles. The van der Waals surface area contributed by atoms with Crippen LogP contribution in [0.2, 0.25) is 0 Å². The largest absolute Gasteiger partial charge is 0.356 e. The molecule has 0 saturated heterocycles. The van der Waals surface area contributed by atoms with Crippen molar-refractivity contribution in [1.82, 2.24) is 5.32 Å². The summed E-state index contributed by atoms with van der Waals surface area (Å²) < 4.78 is 0. The monoisotopic (exact) mass is 280 g/mol. The summed E-state index contributed by atoms with van der Waals surface area (Å²) in [6.07, 6.45) is 9.79. The molecule has 0 heterocycles. The molecule has 2 aliphatic rings. The summed E-state index contributed by atoms with van der Waals surface area (Å²) >= 11 is 0. The molecule has 0 aromatic rings. The summed E-state index contributed by atoms with van der Waals surface area (Å²) in [6, 6.07) is 0.208. The fourth-order valence-electron chi connectivity index (χ4n) is 3.99. The van der Waals surface area contributed by atoms with E-state index in [1.807, 2.05) is 0 Å². The minimum absolute atomic E-state index is 0.144. The van der Waals surface area contributed by atoms with Gasteiger partial charge in [0.1, 0.15) is 0 Å². The summed E-state index contributed by atoms with van der Waals surface area (Å²) in [5, 5.41) is 3.21. The van der Waals surface area contributed by atoms with Gasteiger partial charge in [0.05, 0.1) is 0 Å². The van der Waals surface area contributed by atoms with Crippen LogP contribution < -0.4 is 11.1 Å². The molecule has 3 atom stereocenters. The van der Waals surface area contributed by atoms with E-state index >= 15 is 0 Å². The molecule has 0 bridgehead atoms. The molecule has 0 aromatic heterocycles. The van der Waals surface area contributed by atoms with Gasteiger partial charge >= 0.3 is 0 Å². The van der Waals surface area contributed by atoms with Gasteiger partial charge < -0.3 is 11.1 Å². The normalized spacial score (nSPS) is 38.5. The number of carbonyl (C=O) groups is 1. The molecule has 3 unspecified atom stereocenters. The quantitative estimate of drug-likeness (QED) is 0.831. The van der Waals surface area contributed by atoms with Crippen LogP contribution >= 0.6 is 0 Å². The zero-order valence-electron chi connectivity index (χ0n) is 13.2. The van der Waals surface area contributed by atoms with Crippen molar-refractivity contribution in [3.05, 3.63) is 0 Å². The van der Waals surface area contributed by atoms with Gasteiger partial charge in [-0.2, -0.15) is 0 Å². The van der Waals surface area contributed by atoms with Crippen molar-refractivity contribution in [3.8, 4) is 0 Å². The first kappa shape index (κ1) is 15.8. The molecule has 116 valence electrons. The highest BCUT2D eigenvalue weighted by Crippen LogP contribution is 2.31. The van der Waals surface area contributed by atoms with Crippen molar-refractivity contribution >= 4 is 5.91 Å². The molecule has 3 heteroatoms. The molecule has 2 aliphatic carbocycles. The summed E-state index contributed by atoms with van der Waals surface area (Å²) in [4.78, 5) is 12.4. The van der Waals surface area contributed by atoms with E-state index in [4.69, 9.17) is 5.73 Å². The predicted octanol–water partition coefficient (Wildman–Crippen LogP) is 3.08. The zero-order chi connectivity index (χ0) is 14.5. The lowest BCUT2D eigenvalue weighted by atomic mass is 9.76. The van der Waals surface area contributed by atoms with Gasteiger partial charge in [-0.1, -0.05) is 39.5 Å². The molecular formula is C17H32N2O. The van der Waals surface area contributed by atoms with E-state index in [-0.39, 0.29) is 17.9 Å². The lowest BCUT2D eigenvalue weighted by molar-refractivity contribution is -0.128. The highest BCUT2D eigenvalue weighted by molar-refractivity contribution is 5.79. The maximum atomic E-state index is 12.4. The van der Waals surface area contributed by atoms with Crippen LogP contribution in [0, 0.1) is 23.7 Å². The van der Waals surface area contributed by atoms with Crippen molar-refractivity contribution < 1.29 is 4.79 Å². The van der Waals surface area contributed by atoms with E-state index in [0.29, 0.717) is 11.8 Å². The van der Waals surface area contributed by atoms with Gasteiger partial charge in [-0.15, -0.1) is 0 Å². The SMILES string of the molecule is CCC1CCC(CNC(=O)C2CCCC(N)C2C)CC1. The highest BCUT2D eigenvalue weighted by atomic mass is 16.1. The third kappa shape index (κ3) is 3.97. The molecule has 2 fully saturated rings. The Morgan fingerprint density at radius 3 is 2.40 bits per heavy atom. The summed E-state index contributed by atoms with van der Waals surface area (Å²) in [6.45, 7) is 5.31. The molecule has 3 N–H and O–H groups in total. The molecule has 2 rings (SSSR count). The lowest BCUT2D eigenvalue weighted by Gasteiger charge is -2.34. The first-order valence-electron chi connectivity index (χ1n) is 8.65. The number of amides is 1. The van der Waals surface area contributed by atoms with Gasteiger partial charge in [0, 0.05) is 18.5 Å². The van der Waals surface area contributed by atoms with E-state index in [0.717, 1.165) is 31.7 Å². The third-order valence-corrected chi connectivity index (χ3v) is 5.81. The van der Waals surface area contributed by atoms with Crippen LogP contribution in [0.1, 0.15) is 65.2 Å². The number of hydrogen-bond acceptors (Lipinski definition) is 2. The Labute approximate surface area is 124 Å². The summed E-state index contributed by atoms with van der Waals surface area (Å²) in [7, 11) is 0. The van der Waals surface area contributed by atoms with Crippen molar-refractivity contribution in [1.29, 1.82) is 0 Å². The van der Waals surface area contributed by atoms with Crippen molar-refractivity contribution in [3.63, 3.8) is 0 Å². The Morgan fingerprint density at radius 1 is 1.10 bits per heavy atom. The second-order valence-corrected chi connectivity index (χ2v) is 7.10. The van der Waals surface area contributed by atoms with Crippen LogP contribution in [-0.4, -0.2) is 18.5 Å². The van der Waals surface area contributed by atoms with Crippen LogP contribution in [0.25, 0.3) is 0 Å². The van der Waals surface area contributed by atoms with Crippen LogP contribution in [-0.2, 0) is 4.79 Å². The second kappa shape index (κ2) is 7.44. The van der Waals surface area contributed by atoms with Gasteiger partial charge in [-0.3, -0.25) is 4.79 Å². The lowest BCUT2D eigenvalue weighted by Crippen LogP contribution is -2.45. The smallest absolute Gasteiger partial charge is 0.223 e. The maximum Gasteiger partial charge on any atom is 0.223 e. The minimum atomic E-state index is 0.144. The molecule has 0 radical (unpaired) electrons. The van der Waals surface area contributed by atoms with E-state index in [2.05, 4.69) is 19.2 Å². The number of nitrogens with one attached hydrogen (secondary N) is 1. The van der Waals surface area contributed by atoms with E-state index in [1.165, 1.54) is 32.1 Å². The first-order valence-corrected chi connectivity index (χ1v) is 8.65. The number of carbonyl (C=O) groups excluding carboxylic acids is 1.